The molecule has 2 atom stereocenters. The van der Waals surface area contributed by atoms with Crippen LogP contribution in [0.3, 0.4) is 0 Å². The van der Waals surface area contributed by atoms with Crippen molar-refractivity contribution in [3.8, 4) is 0 Å². The number of amides is 2. The number of nitrogens with one attached hydrogen (secondary N) is 1. The van der Waals surface area contributed by atoms with Crippen LogP contribution >= 0.6 is 0 Å². The molecule has 1 aliphatic heterocycles. The van der Waals surface area contributed by atoms with E-state index >= 15 is 0 Å². The van der Waals surface area contributed by atoms with Crippen LogP contribution in [-0.2, 0) is 9.59 Å². The third-order valence-corrected chi connectivity index (χ3v) is 4.42. The van der Waals surface area contributed by atoms with Gasteiger partial charge in [0.1, 0.15) is 0 Å². The maximum atomic E-state index is 12.6. The topological polar surface area (TPSA) is 52.7 Å². The first-order valence-corrected chi connectivity index (χ1v) is 8.23. The first kappa shape index (κ1) is 17.5. The number of likely N-dealkylation sites (tertiary alicyclic amines) is 1. The molecule has 0 spiro atoms. The molecule has 2 rings (SSSR count). The van der Waals surface area contributed by atoms with Gasteiger partial charge in [-0.1, -0.05) is 30.3 Å². The van der Waals surface area contributed by atoms with Crippen molar-refractivity contribution in [2.75, 3.05) is 34.2 Å². The summed E-state index contributed by atoms with van der Waals surface area (Å²) in [5.41, 5.74) is 1.02. The third-order valence-electron chi connectivity index (χ3n) is 4.42. The Morgan fingerprint density at radius 1 is 1.30 bits per heavy atom. The number of carbonyl (C=O) groups excluding carboxylic acids is 2. The molecule has 1 N–H and O–H groups in total. The summed E-state index contributed by atoms with van der Waals surface area (Å²) in [7, 11) is 5.84. The van der Waals surface area contributed by atoms with Crippen LogP contribution in [0.15, 0.2) is 30.3 Å². The van der Waals surface area contributed by atoms with E-state index in [9.17, 15) is 9.59 Å². The minimum Gasteiger partial charge on any atom is -0.356 e. The fraction of sp³-hybridized carbons (Fsp3) is 0.556. The van der Waals surface area contributed by atoms with Gasteiger partial charge in [0.05, 0.1) is 12.0 Å². The van der Waals surface area contributed by atoms with E-state index in [4.69, 9.17) is 0 Å². The SMILES string of the molecule is CN(C)CCCNC(=O)[C@@H]1CCC(=O)N(C)[C@@H]1c1ccccc1. The smallest absolute Gasteiger partial charge is 0.225 e. The number of hydrogen-bond donors (Lipinski definition) is 1. The maximum absolute atomic E-state index is 12.6. The molecule has 0 saturated carbocycles. The van der Waals surface area contributed by atoms with Crippen molar-refractivity contribution in [1.82, 2.24) is 15.1 Å². The predicted molar refractivity (Wildman–Crippen MR) is 90.9 cm³/mol. The van der Waals surface area contributed by atoms with Gasteiger partial charge in [-0.2, -0.15) is 0 Å². The van der Waals surface area contributed by atoms with Gasteiger partial charge in [-0.3, -0.25) is 9.59 Å². The Morgan fingerprint density at radius 2 is 2.00 bits per heavy atom. The molecule has 126 valence electrons. The quantitative estimate of drug-likeness (QED) is 0.812. The van der Waals surface area contributed by atoms with Crippen molar-refractivity contribution in [2.45, 2.75) is 25.3 Å². The number of rotatable bonds is 6. The van der Waals surface area contributed by atoms with E-state index in [2.05, 4.69) is 10.2 Å². The Balaban J connectivity index is 2.05. The van der Waals surface area contributed by atoms with Gasteiger partial charge in [-0.05, 0) is 39.0 Å². The van der Waals surface area contributed by atoms with Gasteiger partial charge in [-0.25, -0.2) is 0 Å². The van der Waals surface area contributed by atoms with E-state index in [1.807, 2.05) is 44.4 Å². The van der Waals surface area contributed by atoms with Crippen LogP contribution in [0.2, 0.25) is 0 Å². The van der Waals surface area contributed by atoms with Gasteiger partial charge in [-0.15, -0.1) is 0 Å². The molecule has 1 aromatic rings. The van der Waals surface area contributed by atoms with Gasteiger partial charge < -0.3 is 15.1 Å². The molecule has 1 fully saturated rings. The second kappa shape index (κ2) is 8.11. The molecule has 23 heavy (non-hydrogen) atoms. The monoisotopic (exact) mass is 317 g/mol. The molecule has 0 radical (unpaired) electrons. The second-order valence-corrected chi connectivity index (χ2v) is 6.45. The molecule has 1 heterocycles. The van der Waals surface area contributed by atoms with E-state index in [1.54, 1.807) is 11.9 Å². The van der Waals surface area contributed by atoms with Crippen molar-refractivity contribution in [1.29, 1.82) is 0 Å². The summed E-state index contributed by atoms with van der Waals surface area (Å²) in [6.45, 7) is 1.62. The molecule has 2 amide bonds. The minimum absolute atomic E-state index is 0.0527. The van der Waals surface area contributed by atoms with Crippen LogP contribution in [0.1, 0.15) is 30.9 Å². The van der Waals surface area contributed by atoms with Crippen LogP contribution in [-0.4, -0.2) is 55.8 Å². The molecule has 1 saturated heterocycles. The van der Waals surface area contributed by atoms with E-state index < -0.39 is 0 Å². The van der Waals surface area contributed by atoms with Crippen LogP contribution in [0, 0.1) is 5.92 Å². The molecule has 0 bridgehead atoms. The summed E-state index contributed by atoms with van der Waals surface area (Å²) >= 11 is 0. The van der Waals surface area contributed by atoms with Gasteiger partial charge in [0.25, 0.3) is 0 Å². The third kappa shape index (κ3) is 4.55. The van der Waals surface area contributed by atoms with Gasteiger partial charge in [0, 0.05) is 20.0 Å². The number of piperidine rings is 1. The van der Waals surface area contributed by atoms with Gasteiger partial charge >= 0.3 is 0 Å². The van der Waals surface area contributed by atoms with Crippen LogP contribution in [0.5, 0.6) is 0 Å². The fourth-order valence-electron chi connectivity index (χ4n) is 3.16. The number of hydrogen-bond acceptors (Lipinski definition) is 3. The lowest BCUT2D eigenvalue weighted by molar-refractivity contribution is -0.141. The first-order chi connectivity index (χ1) is 11.0. The summed E-state index contributed by atoms with van der Waals surface area (Å²) in [5.74, 6) is -0.0214. The average Bonchev–Trinajstić information content (AvgIpc) is 2.54. The summed E-state index contributed by atoms with van der Waals surface area (Å²) in [4.78, 5) is 28.5. The first-order valence-electron chi connectivity index (χ1n) is 8.23. The molecule has 0 unspecified atom stereocenters. The molecule has 5 nitrogen and oxygen atoms in total. The van der Waals surface area contributed by atoms with E-state index in [0.29, 0.717) is 19.4 Å². The van der Waals surface area contributed by atoms with Crippen LogP contribution < -0.4 is 5.32 Å². The zero-order valence-electron chi connectivity index (χ0n) is 14.3. The van der Waals surface area contributed by atoms with Crippen LogP contribution in [0.4, 0.5) is 0 Å². The largest absolute Gasteiger partial charge is 0.356 e. The van der Waals surface area contributed by atoms with Gasteiger partial charge in [0.2, 0.25) is 11.8 Å². The Kier molecular flexibility index (Phi) is 6.16. The number of benzene rings is 1. The molecule has 0 aromatic heterocycles. The Labute approximate surface area is 138 Å². The molecule has 5 heteroatoms. The average molecular weight is 317 g/mol. The van der Waals surface area contributed by atoms with E-state index in [-0.39, 0.29) is 23.8 Å². The summed E-state index contributed by atoms with van der Waals surface area (Å²) < 4.78 is 0. The Hall–Kier alpha value is -1.88. The summed E-state index contributed by atoms with van der Waals surface area (Å²) in [6.07, 6.45) is 1.98. The highest BCUT2D eigenvalue weighted by Crippen LogP contribution is 2.35. The zero-order valence-corrected chi connectivity index (χ0v) is 14.3. The van der Waals surface area contributed by atoms with Crippen molar-refractivity contribution in [2.24, 2.45) is 5.92 Å². The fourth-order valence-corrected chi connectivity index (χ4v) is 3.16. The summed E-state index contributed by atoms with van der Waals surface area (Å²) in [6, 6.07) is 9.66. The van der Waals surface area contributed by atoms with Gasteiger partial charge in [0.15, 0.2) is 0 Å². The molecular formula is C18H27N3O2. The van der Waals surface area contributed by atoms with E-state index in [0.717, 1.165) is 18.5 Å². The van der Waals surface area contributed by atoms with Crippen LogP contribution in [0.25, 0.3) is 0 Å². The minimum atomic E-state index is -0.181. The lowest BCUT2D eigenvalue weighted by Crippen LogP contribution is -2.46. The maximum Gasteiger partial charge on any atom is 0.225 e. The molecular weight excluding hydrogens is 290 g/mol. The van der Waals surface area contributed by atoms with Crippen molar-refractivity contribution >= 4 is 11.8 Å². The lowest BCUT2D eigenvalue weighted by atomic mass is 9.84. The molecule has 1 aromatic carbocycles. The standard InChI is InChI=1S/C18H27N3O2/c1-20(2)13-7-12-19-18(23)15-10-11-16(22)21(3)17(15)14-8-5-4-6-9-14/h4-6,8-9,15,17H,7,10-13H2,1-3H3,(H,19,23)/t15-,17-/m1/s1. The van der Waals surface area contributed by atoms with Crippen molar-refractivity contribution in [3.05, 3.63) is 35.9 Å². The zero-order chi connectivity index (χ0) is 16.8. The number of carbonyl (C=O) groups is 2. The lowest BCUT2D eigenvalue weighted by Gasteiger charge is -2.38. The van der Waals surface area contributed by atoms with Crippen molar-refractivity contribution in [3.63, 3.8) is 0 Å². The Bertz CT molecular complexity index is 530. The summed E-state index contributed by atoms with van der Waals surface area (Å²) in [5, 5.41) is 3.04. The molecule has 0 aliphatic carbocycles. The highest BCUT2D eigenvalue weighted by molar-refractivity contribution is 5.84. The van der Waals surface area contributed by atoms with E-state index in [1.165, 1.54) is 0 Å². The highest BCUT2D eigenvalue weighted by Gasteiger charge is 2.38. The normalized spacial score (nSPS) is 21.6. The second-order valence-electron chi connectivity index (χ2n) is 6.45. The highest BCUT2D eigenvalue weighted by atomic mass is 16.2. The predicted octanol–water partition coefficient (Wildman–Crippen LogP) is 1.66. The Morgan fingerprint density at radius 3 is 2.65 bits per heavy atom. The molecule has 1 aliphatic rings. The number of nitrogens with zero attached hydrogens (tertiary/aromatic N) is 2. The van der Waals surface area contributed by atoms with Crippen molar-refractivity contribution < 1.29 is 9.59 Å².